The van der Waals surface area contributed by atoms with Gasteiger partial charge in [-0.25, -0.2) is 18.2 Å². The van der Waals surface area contributed by atoms with E-state index < -0.39 is 17.5 Å². The van der Waals surface area contributed by atoms with Crippen LogP contribution in [0.2, 0.25) is 0 Å². The van der Waals surface area contributed by atoms with E-state index in [0.29, 0.717) is 23.3 Å². The third kappa shape index (κ3) is 5.64. The Hall–Kier alpha value is -3.20. The van der Waals surface area contributed by atoms with E-state index in [4.69, 9.17) is 0 Å². The molecule has 0 saturated heterocycles. The fourth-order valence-electron chi connectivity index (χ4n) is 2.49. The molecule has 0 spiro atoms. The second kappa shape index (κ2) is 9.33. The number of thiazole rings is 1. The largest absolute Gasteiger partial charge is 0.352 e. The minimum Gasteiger partial charge on any atom is -0.352 e. The van der Waals surface area contributed by atoms with Crippen LogP contribution in [0.15, 0.2) is 47.8 Å². The molecule has 3 rings (SSSR count). The summed E-state index contributed by atoms with van der Waals surface area (Å²) >= 11 is 1.24. The quantitative estimate of drug-likeness (QED) is 0.559. The number of anilines is 1. The maximum atomic E-state index is 13.5. The Bertz CT molecular complexity index is 1020. The van der Waals surface area contributed by atoms with Crippen molar-refractivity contribution >= 4 is 28.3 Å². The number of halogens is 3. The lowest BCUT2D eigenvalue weighted by Gasteiger charge is -2.06. The highest BCUT2D eigenvalue weighted by Crippen LogP contribution is 2.25. The molecule has 0 unspecified atom stereocenters. The normalized spacial score (nSPS) is 10.6. The SMILES string of the molecule is O=C(CCCNC(=O)c1ccc(F)cc1F)Nc1nc(-c2ccc(F)cc2)cs1. The number of benzene rings is 2. The molecule has 9 heteroatoms. The number of rotatable bonds is 7. The summed E-state index contributed by atoms with van der Waals surface area (Å²) in [7, 11) is 0. The lowest BCUT2D eigenvalue weighted by Crippen LogP contribution is -2.26. The topological polar surface area (TPSA) is 71.1 Å². The van der Waals surface area contributed by atoms with Crippen molar-refractivity contribution in [3.8, 4) is 11.3 Å². The van der Waals surface area contributed by atoms with E-state index in [0.717, 1.165) is 17.7 Å². The van der Waals surface area contributed by atoms with Gasteiger partial charge in [-0.2, -0.15) is 0 Å². The smallest absolute Gasteiger partial charge is 0.254 e. The van der Waals surface area contributed by atoms with Crippen LogP contribution in [-0.4, -0.2) is 23.3 Å². The van der Waals surface area contributed by atoms with Gasteiger partial charge in [-0.3, -0.25) is 9.59 Å². The van der Waals surface area contributed by atoms with Crippen molar-refractivity contribution in [3.63, 3.8) is 0 Å². The van der Waals surface area contributed by atoms with Crippen LogP contribution >= 0.6 is 11.3 Å². The molecule has 2 N–H and O–H groups in total. The molecule has 1 aromatic heterocycles. The zero-order valence-electron chi connectivity index (χ0n) is 15.0. The number of hydrogen-bond donors (Lipinski definition) is 2. The maximum absolute atomic E-state index is 13.5. The van der Waals surface area contributed by atoms with E-state index in [1.54, 1.807) is 17.5 Å². The van der Waals surface area contributed by atoms with E-state index >= 15 is 0 Å². The van der Waals surface area contributed by atoms with Crippen LogP contribution in [0, 0.1) is 17.5 Å². The second-order valence-electron chi connectivity index (χ2n) is 6.08. The average Bonchev–Trinajstić information content (AvgIpc) is 3.14. The highest BCUT2D eigenvalue weighted by atomic mass is 32.1. The van der Waals surface area contributed by atoms with Crippen LogP contribution in [0.3, 0.4) is 0 Å². The standard InChI is InChI=1S/C20H16F3N3O2S/c21-13-5-3-12(4-6-13)17-11-29-20(25-17)26-18(27)2-1-9-24-19(28)15-8-7-14(22)10-16(15)23/h3-8,10-11H,1-2,9H2,(H,24,28)(H,25,26,27). The van der Waals surface area contributed by atoms with Crippen LogP contribution in [0.25, 0.3) is 11.3 Å². The lowest BCUT2D eigenvalue weighted by molar-refractivity contribution is -0.116. The summed E-state index contributed by atoms with van der Waals surface area (Å²) in [4.78, 5) is 28.2. The summed E-state index contributed by atoms with van der Waals surface area (Å²) in [6.45, 7) is 0.155. The molecule has 0 aliphatic rings. The molecule has 1 heterocycles. The van der Waals surface area contributed by atoms with Gasteiger partial charge in [0.2, 0.25) is 5.91 Å². The first-order chi connectivity index (χ1) is 13.9. The Kier molecular flexibility index (Phi) is 6.61. The van der Waals surface area contributed by atoms with Gasteiger partial charge in [-0.15, -0.1) is 11.3 Å². The van der Waals surface area contributed by atoms with E-state index in [1.807, 2.05) is 0 Å². The van der Waals surface area contributed by atoms with Crippen molar-refractivity contribution in [3.05, 3.63) is 70.9 Å². The summed E-state index contributed by atoms with van der Waals surface area (Å²) in [6.07, 6.45) is 0.453. The fraction of sp³-hybridized carbons (Fsp3) is 0.150. The summed E-state index contributed by atoms with van der Waals surface area (Å²) < 4.78 is 39.4. The van der Waals surface area contributed by atoms with Crippen molar-refractivity contribution in [2.75, 3.05) is 11.9 Å². The van der Waals surface area contributed by atoms with E-state index in [2.05, 4.69) is 15.6 Å². The van der Waals surface area contributed by atoms with E-state index in [-0.39, 0.29) is 30.3 Å². The molecule has 29 heavy (non-hydrogen) atoms. The summed E-state index contributed by atoms with van der Waals surface area (Å²) in [5.41, 5.74) is 1.10. The molecular formula is C20H16F3N3O2S. The molecule has 150 valence electrons. The van der Waals surface area contributed by atoms with Crippen LogP contribution in [0.4, 0.5) is 18.3 Å². The lowest BCUT2D eigenvalue weighted by atomic mass is 10.2. The van der Waals surface area contributed by atoms with E-state index in [9.17, 15) is 22.8 Å². The number of carbonyl (C=O) groups is 2. The van der Waals surface area contributed by atoms with Gasteiger partial charge in [0.15, 0.2) is 5.13 Å². The molecular weight excluding hydrogens is 403 g/mol. The Morgan fingerprint density at radius 2 is 1.72 bits per heavy atom. The number of nitrogens with zero attached hydrogens (tertiary/aromatic N) is 1. The molecule has 2 amide bonds. The average molecular weight is 419 g/mol. The van der Waals surface area contributed by atoms with Crippen LogP contribution in [-0.2, 0) is 4.79 Å². The Morgan fingerprint density at radius 3 is 2.45 bits per heavy atom. The summed E-state index contributed by atoms with van der Waals surface area (Å²) in [5.74, 6) is -3.01. The maximum Gasteiger partial charge on any atom is 0.254 e. The highest BCUT2D eigenvalue weighted by Gasteiger charge is 2.12. The number of carbonyl (C=O) groups excluding carboxylic acids is 2. The molecule has 0 fully saturated rings. The van der Waals surface area contributed by atoms with Gasteiger partial charge in [0.1, 0.15) is 17.5 Å². The van der Waals surface area contributed by atoms with Crippen LogP contribution in [0.1, 0.15) is 23.2 Å². The Balaban J connectivity index is 1.43. The monoisotopic (exact) mass is 419 g/mol. The number of amides is 2. The van der Waals surface area contributed by atoms with Gasteiger partial charge in [0.25, 0.3) is 5.91 Å². The number of nitrogens with one attached hydrogen (secondary N) is 2. The first-order valence-corrected chi connectivity index (χ1v) is 9.55. The molecule has 0 atom stereocenters. The van der Waals surface area contributed by atoms with Crippen molar-refractivity contribution in [2.24, 2.45) is 0 Å². The molecule has 3 aromatic rings. The van der Waals surface area contributed by atoms with Crippen molar-refractivity contribution in [1.82, 2.24) is 10.3 Å². The van der Waals surface area contributed by atoms with Gasteiger partial charge in [-0.05, 0) is 42.8 Å². The third-order valence-electron chi connectivity index (χ3n) is 3.93. The first-order valence-electron chi connectivity index (χ1n) is 8.67. The van der Waals surface area contributed by atoms with Gasteiger partial charge in [0, 0.05) is 30.0 Å². The third-order valence-corrected chi connectivity index (χ3v) is 4.69. The summed E-state index contributed by atoms with van der Waals surface area (Å²) in [6, 6.07) is 8.56. The van der Waals surface area contributed by atoms with Gasteiger partial charge in [-0.1, -0.05) is 0 Å². The molecule has 2 aromatic carbocycles. The fourth-order valence-corrected chi connectivity index (χ4v) is 3.22. The summed E-state index contributed by atoms with van der Waals surface area (Å²) in [5, 5.41) is 7.30. The van der Waals surface area contributed by atoms with Gasteiger partial charge < -0.3 is 10.6 Å². The Morgan fingerprint density at radius 1 is 1.00 bits per heavy atom. The van der Waals surface area contributed by atoms with Gasteiger partial charge >= 0.3 is 0 Å². The predicted octanol–water partition coefficient (Wildman–Crippen LogP) is 4.38. The zero-order valence-corrected chi connectivity index (χ0v) is 15.9. The predicted molar refractivity (Wildman–Crippen MR) is 104 cm³/mol. The van der Waals surface area contributed by atoms with E-state index in [1.165, 1.54) is 23.5 Å². The number of aromatic nitrogens is 1. The van der Waals surface area contributed by atoms with Crippen LogP contribution < -0.4 is 10.6 Å². The Labute approximate surface area is 168 Å². The van der Waals surface area contributed by atoms with Crippen LogP contribution in [0.5, 0.6) is 0 Å². The van der Waals surface area contributed by atoms with Crippen molar-refractivity contribution in [2.45, 2.75) is 12.8 Å². The number of hydrogen-bond acceptors (Lipinski definition) is 4. The van der Waals surface area contributed by atoms with Crippen molar-refractivity contribution < 1.29 is 22.8 Å². The first kappa shape index (κ1) is 20.5. The molecule has 0 aliphatic heterocycles. The molecule has 0 saturated carbocycles. The molecule has 0 aliphatic carbocycles. The minimum atomic E-state index is -0.944. The molecule has 0 radical (unpaired) electrons. The second-order valence-corrected chi connectivity index (χ2v) is 6.93. The molecule has 5 nitrogen and oxygen atoms in total. The highest BCUT2D eigenvalue weighted by molar-refractivity contribution is 7.14. The molecule has 0 bridgehead atoms. The minimum absolute atomic E-state index is 0.123. The zero-order chi connectivity index (χ0) is 20.8. The van der Waals surface area contributed by atoms with Crippen molar-refractivity contribution in [1.29, 1.82) is 0 Å². The van der Waals surface area contributed by atoms with Gasteiger partial charge in [0.05, 0.1) is 11.3 Å².